The van der Waals surface area contributed by atoms with Crippen molar-refractivity contribution in [3.63, 3.8) is 0 Å². The van der Waals surface area contributed by atoms with Crippen molar-refractivity contribution in [2.75, 3.05) is 39.5 Å². The molecule has 1 saturated heterocycles. The number of nitrogen functional groups attached to an aromatic ring is 1. The number of nitrogens with zero attached hydrogens (tertiary/aromatic N) is 3. The molecule has 0 spiro atoms. The van der Waals surface area contributed by atoms with Crippen LogP contribution in [-0.4, -0.2) is 54.0 Å². The van der Waals surface area contributed by atoms with Gasteiger partial charge in [-0.1, -0.05) is 0 Å². The first-order valence-electron chi connectivity index (χ1n) is 7.96. The van der Waals surface area contributed by atoms with Crippen LogP contribution < -0.4 is 5.73 Å². The number of nitrogens with two attached hydrogens (primary N) is 1. The Morgan fingerprint density at radius 2 is 1.95 bits per heavy atom. The maximum Gasteiger partial charge on any atom is 0.270 e. The highest BCUT2D eigenvalue weighted by atomic mass is 16.2. The minimum absolute atomic E-state index is 0.155. The zero-order valence-corrected chi connectivity index (χ0v) is 13.1. The van der Waals surface area contributed by atoms with Gasteiger partial charge in [0.2, 0.25) is 0 Å². The number of piperidine rings is 1. The van der Waals surface area contributed by atoms with Crippen LogP contribution in [0.25, 0.3) is 0 Å². The lowest BCUT2D eigenvalue weighted by Crippen LogP contribution is -2.41. The highest BCUT2D eigenvalue weighted by Gasteiger charge is 2.31. The summed E-state index contributed by atoms with van der Waals surface area (Å²) in [6.07, 6.45) is 6.45. The lowest BCUT2D eigenvalue weighted by atomic mass is 9.96. The Labute approximate surface area is 126 Å². The van der Waals surface area contributed by atoms with Crippen molar-refractivity contribution in [3.05, 3.63) is 18.0 Å². The number of anilines is 1. The van der Waals surface area contributed by atoms with Crippen LogP contribution in [0, 0.1) is 5.92 Å². The van der Waals surface area contributed by atoms with Gasteiger partial charge in [0, 0.05) is 31.9 Å². The molecule has 1 aromatic heterocycles. The standard InChI is InChI=1S/C16H26N4O/c1-18(2)10-12-5-7-19(8-6-12)16(21)15-9-13(17)11-20(15)14-3-4-14/h9,11-12,14H,3-8,10,17H2,1-2H3. The van der Waals surface area contributed by atoms with Crippen molar-refractivity contribution in [1.29, 1.82) is 0 Å². The molecule has 0 radical (unpaired) electrons. The number of amides is 1. The van der Waals surface area contributed by atoms with Crippen LogP contribution in [0.1, 0.15) is 42.2 Å². The van der Waals surface area contributed by atoms with Crippen LogP contribution in [0.2, 0.25) is 0 Å². The Balaban J connectivity index is 1.64. The Hall–Kier alpha value is -1.49. The summed E-state index contributed by atoms with van der Waals surface area (Å²) in [5.41, 5.74) is 7.37. The summed E-state index contributed by atoms with van der Waals surface area (Å²) >= 11 is 0. The van der Waals surface area contributed by atoms with Gasteiger partial charge >= 0.3 is 0 Å². The molecule has 1 amide bonds. The molecule has 2 heterocycles. The second-order valence-corrected chi connectivity index (χ2v) is 6.79. The molecule has 1 aliphatic carbocycles. The quantitative estimate of drug-likeness (QED) is 0.920. The molecule has 5 heteroatoms. The van der Waals surface area contributed by atoms with Crippen molar-refractivity contribution >= 4 is 11.6 Å². The van der Waals surface area contributed by atoms with E-state index in [-0.39, 0.29) is 5.91 Å². The monoisotopic (exact) mass is 290 g/mol. The maximum atomic E-state index is 12.7. The molecule has 5 nitrogen and oxygen atoms in total. The zero-order chi connectivity index (χ0) is 15.0. The van der Waals surface area contributed by atoms with Gasteiger partial charge in [0.25, 0.3) is 5.91 Å². The van der Waals surface area contributed by atoms with Gasteiger partial charge in [0.05, 0.1) is 5.69 Å². The predicted octanol–water partition coefficient (Wildman–Crippen LogP) is 1.82. The lowest BCUT2D eigenvalue weighted by molar-refractivity contribution is 0.0667. The van der Waals surface area contributed by atoms with Crippen molar-refractivity contribution < 1.29 is 4.79 Å². The van der Waals surface area contributed by atoms with E-state index in [1.807, 2.05) is 17.2 Å². The van der Waals surface area contributed by atoms with Crippen LogP contribution in [0.15, 0.2) is 12.3 Å². The number of likely N-dealkylation sites (tertiary alicyclic amines) is 1. The number of hydrogen-bond acceptors (Lipinski definition) is 3. The number of hydrogen-bond donors (Lipinski definition) is 1. The summed E-state index contributed by atoms with van der Waals surface area (Å²) in [5, 5.41) is 0. The Bertz CT molecular complexity index is 510. The first kappa shape index (κ1) is 14.4. The van der Waals surface area contributed by atoms with Gasteiger partial charge in [0.15, 0.2) is 0 Å². The second kappa shape index (κ2) is 5.72. The van der Waals surface area contributed by atoms with Crippen LogP contribution in [0.4, 0.5) is 5.69 Å². The molecule has 0 atom stereocenters. The topological polar surface area (TPSA) is 54.5 Å². The van der Waals surface area contributed by atoms with E-state index in [2.05, 4.69) is 23.6 Å². The summed E-state index contributed by atoms with van der Waals surface area (Å²) in [4.78, 5) is 17.0. The van der Waals surface area contributed by atoms with Gasteiger partial charge in [-0.25, -0.2) is 0 Å². The smallest absolute Gasteiger partial charge is 0.270 e. The van der Waals surface area contributed by atoms with Gasteiger partial charge in [0.1, 0.15) is 5.69 Å². The largest absolute Gasteiger partial charge is 0.397 e. The van der Waals surface area contributed by atoms with E-state index in [1.54, 1.807) is 0 Å². The number of carbonyl (C=O) groups excluding carboxylic acids is 1. The Morgan fingerprint density at radius 1 is 1.29 bits per heavy atom. The lowest BCUT2D eigenvalue weighted by Gasteiger charge is -2.33. The van der Waals surface area contributed by atoms with Crippen molar-refractivity contribution in [1.82, 2.24) is 14.4 Å². The summed E-state index contributed by atoms with van der Waals surface area (Å²) in [6.45, 7) is 2.85. The molecule has 2 fully saturated rings. The Morgan fingerprint density at radius 3 is 2.52 bits per heavy atom. The van der Waals surface area contributed by atoms with Gasteiger partial charge in [-0.15, -0.1) is 0 Å². The molecule has 0 unspecified atom stereocenters. The van der Waals surface area contributed by atoms with Gasteiger partial charge in [-0.2, -0.15) is 0 Å². The average Bonchev–Trinajstić information content (AvgIpc) is 3.21. The van der Waals surface area contributed by atoms with E-state index in [4.69, 9.17) is 5.73 Å². The molecule has 116 valence electrons. The van der Waals surface area contributed by atoms with Gasteiger partial charge < -0.3 is 20.1 Å². The molecule has 21 heavy (non-hydrogen) atoms. The number of aromatic nitrogens is 1. The first-order valence-corrected chi connectivity index (χ1v) is 7.96. The van der Waals surface area contributed by atoms with Crippen LogP contribution >= 0.6 is 0 Å². The molecular weight excluding hydrogens is 264 g/mol. The van der Waals surface area contributed by atoms with Crippen LogP contribution in [0.3, 0.4) is 0 Å². The third kappa shape index (κ3) is 3.23. The summed E-state index contributed by atoms with van der Waals surface area (Å²) in [7, 11) is 4.23. The molecular formula is C16H26N4O. The highest BCUT2D eigenvalue weighted by Crippen LogP contribution is 2.37. The van der Waals surface area contributed by atoms with Crippen LogP contribution in [0.5, 0.6) is 0 Å². The van der Waals surface area contributed by atoms with Crippen molar-refractivity contribution in [2.45, 2.75) is 31.7 Å². The Kier molecular flexibility index (Phi) is 3.93. The van der Waals surface area contributed by atoms with E-state index in [0.29, 0.717) is 17.6 Å². The third-order valence-corrected chi connectivity index (χ3v) is 4.55. The van der Waals surface area contributed by atoms with E-state index in [9.17, 15) is 4.79 Å². The highest BCUT2D eigenvalue weighted by molar-refractivity contribution is 5.94. The maximum absolute atomic E-state index is 12.7. The molecule has 1 aromatic rings. The fraction of sp³-hybridized carbons (Fsp3) is 0.688. The fourth-order valence-corrected chi connectivity index (χ4v) is 3.32. The predicted molar refractivity (Wildman–Crippen MR) is 84.3 cm³/mol. The van der Waals surface area contributed by atoms with Gasteiger partial charge in [-0.3, -0.25) is 4.79 Å². The average molecular weight is 290 g/mol. The van der Waals surface area contributed by atoms with Crippen molar-refractivity contribution in [3.8, 4) is 0 Å². The molecule has 2 N–H and O–H groups in total. The normalized spacial score (nSPS) is 20.2. The molecule has 1 saturated carbocycles. The minimum Gasteiger partial charge on any atom is -0.397 e. The SMILES string of the molecule is CN(C)CC1CCN(C(=O)c2cc(N)cn2C2CC2)CC1. The van der Waals surface area contributed by atoms with Crippen molar-refractivity contribution in [2.24, 2.45) is 5.92 Å². The molecule has 2 aliphatic rings. The van der Waals surface area contributed by atoms with Crippen LogP contribution in [-0.2, 0) is 0 Å². The summed E-state index contributed by atoms with van der Waals surface area (Å²) < 4.78 is 2.09. The van der Waals surface area contributed by atoms with E-state index >= 15 is 0 Å². The molecule has 3 rings (SSSR count). The summed E-state index contributed by atoms with van der Waals surface area (Å²) in [5.74, 6) is 0.867. The fourth-order valence-electron chi connectivity index (χ4n) is 3.32. The molecule has 0 aromatic carbocycles. The second-order valence-electron chi connectivity index (χ2n) is 6.79. The van der Waals surface area contributed by atoms with E-state index in [1.165, 1.54) is 12.8 Å². The first-order chi connectivity index (χ1) is 10.0. The third-order valence-electron chi connectivity index (χ3n) is 4.55. The number of carbonyl (C=O) groups is 1. The summed E-state index contributed by atoms with van der Waals surface area (Å²) in [6, 6.07) is 2.33. The minimum atomic E-state index is 0.155. The van der Waals surface area contributed by atoms with Gasteiger partial charge in [-0.05, 0) is 51.8 Å². The molecule has 0 bridgehead atoms. The van der Waals surface area contributed by atoms with E-state index in [0.717, 1.165) is 38.2 Å². The van der Waals surface area contributed by atoms with E-state index < -0.39 is 0 Å². The number of rotatable bonds is 4. The zero-order valence-electron chi connectivity index (χ0n) is 13.1. The molecule has 1 aliphatic heterocycles.